The molecule has 0 spiro atoms. The first-order valence-corrected chi connectivity index (χ1v) is 10.3. The van der Waals surface area contributed by atoms with Gasteiger partial charge in [-0.05, 0) is 54.6 Å². The number of aromatic nitrogens is 4. The number of nitrogens with zero attached hydrogens (tertiary/aromatic N) is 3. The number of para-hydroxylation sites is 1. The zero-order valence-corrected chi connectivity index (χ0v) is 17.3. The van der Waals surface area contributed by atoms with Gasteiger partial charge in [0.05, 0.1) is 22.4 Å². The molecular formula is C26H21N5O. The van der Waals surface area contributed by atoms with Crippen LogP contribution in [-0.2, 0) is 0 Å². The monoisotopic (exact) mass is 419 g/mol. The quantitative estimate of drug-likeness (QED) is 0.359. The van der Waals surface area contributed by atoms with E-state index >= 15 is 0 Å². The van der Waals surface area contributed by atoms with Crippen molar-refractivity contribution in [1.29, 1.82) is 0 Å². The van der Waals surface area contributed by atoms with Gasteiger partial charge in [-0.15, -0.1) is 6.58 Å². The van der Waals surface area contributed by atoms with Crippen LogP contribution in [0.1, 0.15) is 10.4 Å². The third-order valence-electron chi connectivity index (χ3n) is 5.24. The van der Waals surface area contributed by atoms with Crippen molar-refractivity contribution < 1.29 is 4.79 Å². The molecule has 3 aromatic heterocycles. The molecule has 0 radical (unpaired) electrons. The number of hydrogen-bond acceptors (Lipinski definition) is 3. The largest absolute Gasteiger partial charge is 0.360 e. The topological polar surface area (TPSA) is 77.7 Å². The first kappa shape index (κ1) is 19.5. The first-order chi connectivity index (χ1) is 15.7. The molecular weight excluding hydrogens is 398 g/mol. The van der Waals surface area contributed by atoms with Crippen LogP contribution in [0.5, 0.6) is 0 Å². The Labute approximate surface area is 185 Å². The van der Waals surface area contributed by atoms with E-state index in [9.17, 15) is 4.79 Å². The average Bonchev–Trinajstić information content (AvgIpc) is 3.56. The third kappa shape index (κ3) is 3.58. The van der Waals surface area contributed by atoms with Gasteiger partial charge in [0.2, 0.25) is 0 Å². The van der Waals surface area contributed by atoms with Crippen molar-refractivity contribution in [2.24, 2.45) is 0 Å². The van der Waals surface area contributed by atoms with Crippen molar-refractivity contribution in [3.05, 3.63) is 103 Å². The van der Waals surface area contributed by atoms with Gasteiger partial charge in [0.1, 0.15) is 11.4 Å². The molecule has 0 saturated carbocycles. The first-order valence-electron chi connectivity index (χ1n) is 10.3. The highest BCUT2D eigenvalue weighted by Crippen LogP contribution is 2.29. The molecule has 2 aromatic carbocycles. The Morgan fingerprint density at radius 1 is 0.844 bits per heavy atom. The second-order valence-electron chi connectivity index (χ2n) is 7.33. The molecule has 0 aliphatic carbocycles. The van der Waals surface area contributed by atoms with Crippen LogP contribution in [0, 0.1) is 0 Å². The summed E-state index contributed by atoms with van der Waals surface area (Å²) < 4.78 is 0. The number of fused-ring (bicyclic) bond motifs is 1. The maximum Gasteiger partial charge on any atom is 0.258 e. The Balaban J connectivity index is 1.61. The molecule has 156 valence electrons. The summed E-state index contributed by atoms with van der Waals surface area (Å²) in [5.41, 5.74) is 5.95. The van der Waals surface area contributed by atoms with E-state index in [1.807, 2.05) is 73.1 Å². The van der Waals surface area contributed by atoms with Gasteiger partial charge < -0.3 is 14.9 Å². The number of nitrogens with one attached hydrogen (secondary N) is 2. The summed E-state index contributed by atoms with van der Waals surface area (Å²) >= 11 is 0. The molecule has 5 aromatic rings. The summed E-state index contributed by atoms with van der Waals surface area (Å²) in [7, 11) is 0. The summed E-state index contributed by atoms with van der Waals surface area (Å²) in [4.78, 5) is 31.2. The number of hydrogen-bond donors (Lipinski definition) is 2. The Hall–Kier alpha value is -4.45. The van der Waals surface area contributed by atoms with Crippen molar-refractivity contribution in [3.8, 4) is 22.8 Å². The molecule has 32 heavy (non-hydrogen) atoms. The molecule has 0 aliphatic rings. The molecule has 0 saturated heterocycles. The van der Waals surface area contributed by atoms with E-state index in [1.54, 1.807) is 23.1 Å². The van der Waals surface area contributed by atoms with E-state index < -0.39 is 0 Å². The number of carbonyl (C=O) groups excluding carboxylic acids is 1. The van der Waals surface area contributed by atoms with Crippen LogP contribution in [0.3, 0.4) is 0 Å². The minimum atomic E-state index is -0.116. The Kier molecular flexibility index (Phi) is 5.09. The number of H-pyrrole nitrogens is 2. The van der Waals surface area contributed by atoms with Crippen LogP contribution < -0.4 is 4.90 Å². The summed E-state index contributed by atoms with van der Waals surface area (Å²) in [6, 6.07) is 22.8. The van der Waals surface area contributed by atoms with E-state index in [-0.39, 0.29) is 5.91 Å². The summed E-state index contributed by atoms with van der Waals surface area (Å²) in [5.74, 6) is -0.116. The Morgan fingerprint density at radius 3 is 2.09 bits per heavy atom. The van der Waals surface area contributed by atoms with Crippen molar-refractivity contribution in [3.63, 3.8) is 0 Å². The van der Waals surface area contributed by atoms with E-state index in [0.29, 0.717) is 17.6 Å². The van der Waals surface area contributed by atoms with Crippen molar-refractivity contribution >= 4 is 22.6 Å². The molecule has 5 rings (SSSR count). The highest BCUT2D eigenvalue weighted by atomic mass is 16.2. The van der Waals surface area contributed by atoms with E-state index in [1.165, 1.54) is 0 Å². The van der Waals surface area contributed by atoms with Gasteiger partial charge in [-0.2, -0.15) is 0 Å². The fourth-order valence-electron chi connectivity index (χ4n) is 3.72. The molecule has 0 aliphatic heterocycles. The predicted molar refractivity (Wildman–Crippen MR) is 127 cm³/mol. The number of rotatable bonds is 6. The molecule has 0 unspecified atom stereocenters. The second-order valence-corrected chi connectivity index (χ2v) is 7.33. The molecule has 0 bridgehead atoms. The molecule has 6 nitrogen and oxygen atoms in total. The molecule has 0 atom stereocenters. The van der Waals surface area contributed by atoms with E-state index in [2.05, 4.69) is 16.5 Å². The summed E-state index contributed by atoms with van der Waals surface area (Å²) in [5, 5.41) is 0. The van der Waals surface area contributed by atoms with Crippen LogP contribution in [-0.4, -0.2) is 32.4 Å². The van der Waals surface area contributed by atoms with Gasteiger partial charge in [0.15, 0.2) is 0 Å². The number of amides is 1. The predicted octanol–water partition coefficient (Wildman–Crippen LogP) is 5.45. The fraction of sp³-hybridized carbons (Fsp3) is 0.0385. The lowest BCUT2D eigenvalue weighted by molar-refractivity contribution is 0.0990. The maximum atomic E-state index is 13.4. The molecule has 2 N–H and O–H groups in total. The van der Waals surface area contributed by atoms with Crippen molar-refractivity contribution in [2.75, 3.05) is 11.4 Å². The van der Waals surface area contributed by atoms with Gasteiger partial charge >= 0.3 is 0 Å². The third-order valence-corrected chi connectivity index (χ3v) is 5.24. The minimum absolute atomic E-state index is 0.116. The van der Waals surface area contributed by atoms with E-state index in [0.717, 1.165) is 34.0 Å². The van der Waals surface area contributed by atoms with Gasteiger partial charge in [-0.1, -0.05) is 24.3 Å². The van der Waals surface area contributed by atoms with Crippen LogP contribution >= 0.6 is 0 Å². The minimum Gasteiger partial charge on any atom is -0.360 e. The Bertz CT molecular complexity index is 1370. The van der Waals surface area contributed by atoms with Crippen LogP contribution in [0.25, 0.3) is 33.8 Å². The molecule has 3 heterocycles. The van der Waals surface area contributed by atoms with Crippen LogP contribution in [0.4, 0.5) is 5.69 Å². The van der Waals surface area contributed by atoms with Gasteiger partial charge in [0, 0.05) is 30.2 Å². The lowest BCUT2D eigenvalue weighted by Gasteiger charge is -2.21. The lowest BCUT2D eigenvalue weighted by atomic mass is 10.1. The highest BCUT2D eigenvalue weighted by Gasteiger charge is 2.19. The molecule has 0 fully saturated rings. The number of anilines is 1. The van der Waals surface area contributed by atoms with Gasteiger partial charge in [-0.3, -0.25) is 4.79 Å². The molecule has 1 amide bonds. The second kappa shape index (κ2) is 8.35. The van der Waals surface area contributed by atoms with Crippen LogP contribution in [0.2, 0.25) is 0 Å². The SMILES string of the molecule is C=CCN(C(=O)c1ccc2nc(-c3ccc[nH]3)c(-c3ccc[nH]3)nc2c1)c1ccccc1. The normalized spacial score (nSPS) is 10.9. The van der Waals surface area contributed by atoms with Gasteiger partial charge in [0.25, 0.3) is 5.91 Å². The van der Waals surface area contributed by atoms with Crippen molar-refractivity contribution in [2.45, 2.75) is 0 Å². The Morgan fingerprint density at radius 2 is 1.50 bits per heavy atom. The maximum absolute atomic E-state index is 13.4. The lowest BCUT2D eigenvalue weighted by Crippen LogP contribution is -2.31. The smallest absolute Gasteiger partial charge is 0.258 e. The van der Waals surface area contributed by atoms with E-state index in [4.69, 9.17) is 9.97 Å². The standard InChI is InChI=1S/C26H21N5O/c1-2-16-31(19-8-4-3-5-9-19)26(32)18-12-13-20-23(17-18)30-25(22-11-7-15-28-22)24(29-20)21-10-6-14-27-21/h2-15,17,27-28H,1,16H2. The summed E-state index contributed by atoms with van der Waals surface area (Å²) in [6.45, 7) is 4.21. The zero-order valence-electron chi connectivity index (χ0n) is 17.3. The summed E-state index contributed by atoms with van der Waals surface area (Å²) in [6.07, 6.45) is 5.43. The zero-order chi connectivity index (χ0) is 21.9. The number of benzene rings is 2. The van der Waals surface area contributed by atoms with Gasteiger partial charge in [-0.25, -0.2) is 9.97 Å². The number of carbonyl (C=O) groups is 1. The van der Waals surface area contributed by atoms with Crippen LogP contribution in [0.15, 0.2) is 97.8 Å². The van der Waals surface area contributed by atoms with Crippen molar-refractivity contribution in [1.82, 2.24) is 19.9 Å². The fourth-order valence-corrected chi connectivity index (χ4v) is 3.72. The average molecular weight is 419 g/mol. The molecule has 6 heteroatoms. The highest BCUT2D eigenvalue weighted by molar-refractivity contribution is 6.07. The number of aromatic amines is 2.